The molecule has 2 aliphatic rings. The first-order valence-electron chi connectivity index (χ1n) is 5.73. The van der Waals surface area contributed by atoms with Gasteiger partial charge in [-0.2, -0.15) is 0 Å². The number of carbonyl (C=O) groups excluding carboxylic acids is 1. The molecule has 0 saturated carbocycles. The quantitative estimate of drug-likeness (QED) is 0.614. The van der Waals surface area contributed by atoms with Crippen molar-refractivity contribution in [2.24, 2.45) is 5.92 Å². The monoisotopic (exact) mass is 196 g/mol. The van der Waals surface area contributed by atoms with Crippen LogP contribution in [-0.4, -0.2) is 48.4 Å². The maximum Gasteiger partial charge on any atom is 0.209 e. The van der Waals surface area contributed by atoms with Crippen LogP contribution in [0.4, 0.5) is 0 Å². The molecule has 0 aromatic rings. The van der Waals surface area contributed by atoms with Gasteiger partial charge >= 0.3 is 0 Å². The third kappa shape index (κ3) is 2.08. The molecule has 0 radical (unpaired) electrons. The maximum absolute atomic E-state index is 10.6. The van der Waals surface area contributed by atoms with Gasteiger partial charge in [0, 0.05) is 25.7 Å². The van der Waals surface area contributed by atoms with Crippen molar-refractivity contribution >= 4 is 6.41 Å². The van der Waals surface area contributed by atoms with E-state index in [1.807, 2.05) is 4.90 Å². The first-order chi connectivity index (χ1) is 6.79. The molecular weight excluding hydrogens is 176 g/mol. The summed E-state index contributed by atoms with van der Waals surface area (Å²) in [6.07, 6.45) is 4.69. The van der Waals surface area contributed by atoms with Crippen LogP contribution in [0.1, 0.15) is 26.2 Å². The summed E-state index contributed by atoms with van der Waals surface area (Å²) in [5.41, 5.74) is 0. The number of amides is 1. The third-order valence-electron chi connectivity index (χ3n) is 3.62. The summed E-state index contributed by atoms with van der Waals surface area (Å²) in [5, 5.41) is 0. The standard InChI is InChI=1S/C11H20N2O/c1-10-2-7-13(8-10)11-3-5-12(9-14)6-4-11/h9-11H,2-8H2,1H3. The van der Waals surface area contributed by atoms with Crippen LogP contribution in [-0.2, 0) is 4.79 Å². The molecule has 0 aliphatic carbocycles. The van der Waals surface area contributed by atoms with Gasteiger partial charge in [-0.05, 0) is 31.7 Å². The Balaban J connectivity index is 1.80. The molecule has 1 amide bonds. The minimum Gasteiger partial charge on any atom is -0.345 e. The molecule has 0 spiro atoms. The Kier molecular flexibility index (Phi) is 3.06. The number of piperidine rings is 1. The molecule has 3 heteroatoms. The molecule has 0 N–H and O–H groups in total. The SMILES string of the molecule is CC1CCN(C2CCN(C=O)CC2)C1. The Hall–Kier alpha value is -0.570. The highest BCUT2D eigenvalue weighted by Crippen LogP contribution is 2.23. The highest BCUT2D eigenvalue weighted by Gasteiger charge is 2.28. The van der Waals surface area contributed by atoms with Crippen molar-refractivity contribution in [3.8, 4) is 0 Å². The summed E-state index contributed by atoms with van der Waals surface area (Å²) >= 11 is 0. The van der Waals surface area contributed by atoms with Crippen LogP contribution in [0, 0.1) is 5.92 Å². The second-order valence-corrected chi connectivity index (χ2v) is 4.76. The molecule has 2 fully saturated rings. The lowest BCUT2D eigenvalue weighted by Gasteiger charge is -2.35. The molecule has 3 nitrogen and oxygen atoms in total. The third-order valence-corrected chi connectivity index (χ3v) is 3.62. The zero-order valence-electron chi connectivity index (χ0n) is 8.98. The Labute approximate surface area is 86.1 Å². The van der Waals surface area contributed by atoms with Crippen LogP contribution in [0.2, 0.25) is 0 Å². The molecule has 80 valence electrons. The second-order valence-electron chi connectivity index (χ2n) is 4.76. The predicted molar refractivity (Wildman–Crippen MR) is 56.0 cm³/mol. The first-order valence-corrected chi connectivity index (χ1v) is 5.73. The van der Waals surface area contributed by atoms with Gasteiger partial charge in [0.05, 0.1) is 0 Å². The van der Waals surface area contributed by atoms with Crippen LogP contribution < -0.4 is 0 Å². The van der Waals surface area contributed by atoms with Gasteiger partial charge in [0.2, 0.25) is 6.41 Å². The van der Waals surface area contributed by atoms with E-state index < -0.39 is 0 Å². The fraction of sp³-hybridized carbons (Fsp3) is 0.909. The summed E-state index contributed by atoms with van der Waals surface area (Å²) in [7, 11) is 0. The summed E-state index contributed by atoms with van der Waals surface area (Å²) in [6, 6.07) is 0.746. The number of hydrogen-bond donors (Lipinski definition) is 0. The molecule has 2 rings (SSSR count). The summed E-state index contributed by atoms with van der Waals surface area (Å²) in [5.74, 6) is 0.874. The number of carbonyl (C=O) groups is 1. The lowest BCUT2D eigenvalue weighted by atomic mass is 10.0. The lowest BCUT2D eigenvalue weighted by molar-refractivity contribution is -0.119. The predicted octanol–water partition coefficient (Wildman–Crippen LogP) is 0.949. The van der Waals surface area contributed by atoms with E-state index in [1.54, 1.807) is 0 Å². The van der Waals surface area contributed by atoms with Gasteiger partial charge in [-0.15, -0.1) is 0 Å². The molecular formula is C11H20N2O. The molecule has 0 aromatic heterocycles. The van der Waals surface area contributed by atoms with Crippen molar-refractivity contribution in [2.45, 2.75) is 32.2 Å². The van der Waals surface area contributed by atoms with Crippen LogP contribution in [0.5, 0.6) is 0 Å². The molecule has 1 atom stereocenters. The summed E-state index contributed by atoms with van der Waals surface area (Å²) in [6.45, 7) is 6.79. The highest BCUT2D eigenvalue weighted by molar-refractivity contribution is 5.47. The zero-order valence-corrected chi connectivity index (χ0v) is 8.98. The number of likely N-dealkylation sites (tertiary alicyclic amines) is 2. The van der Waals surface area contributed by atoms with Gasteiger partial charge in [-0.1, -0.05) is 6.92 Å². The van der Waals surface area contributed by atoms with Crippen molar-refractivity contribution in [1.82, 2.24) is 9.80 Å². The second kappa shape index (κ2) is 4.30. The zero-order chi connectivity index (χ0) is 9.97. The van der Waals surface area contributed by atoms with Gasteiger partial charge in [0.25, 0.3) is 0 Å². The normalized spacial score (nSPS) is 30.9. The van der Waals surface area contributed by atoms with E-state index in [9.17, 15) is 4.79 Å². The Morgan fingerprint density at radius 3 is 2.36 bits per heavy atom. The van der Waals surface area contributed by atoms with Crippen LogP contribution in [0.25, 0.3) is 0 Å². The molecule has 2 heterocycles. The van der Waals surface area contributed by atoms with E-state index >= 15 is 0 Å². The molecule has 2 aliphatic heterocycles. The van der Waals surface area contributed by atoms with Crippen molar-refractivity contribution in [3.05, 3.63) is 0 Å². The molecule has 0 bridgehead atoms. The number of nitrogens with zero attached hydrogens (tertiary/aromatic N) is 2. The topological polar surface area (TPSA) is 23.6 Å². The minimum atomic E-state index is 0.746. The van der Waals surface area contributed by atoms with Crippen molar-refractivity contribution in [2.75, 3.05) is 26.2 Å². The molecule has 1 unspecified atom stereocenters. The van der Waals surface area contributed by atoms with Gasteiger partial charge < -0.3 is 4.90 Å². The Bertz CT molecular complexity index is 199. The number of hydrogen-bond acceptors (Lipinski definition) is 2. The Morgan fingerprint density at radius 1 is 1.14 bits per heavy atom. The number of rotatable bonds is 2. The molecule has 14 heavy (non-hydrogen) atoms. The van der Waals surface area contributed by atoms with Crippen LogP contribution >= 0.6 is 0 Å². The first kappa shape index (κ1) is 9.97. The molecule has 2 saturated heterocycles. The summed E-state index contributed by atoms with van der Waals surface area (Å²) < 4.78 is 0. The van der Waals surface area contributed by atoms with Gasteiger partial charge in [-0.3, -0.25) is 9.69 Å². The van der Waals surface area contributed by atoms with Crippen molar-refractivity contribution < 1.29 is 4.79 Å². The van der Waals surface area contributed by atoms with E-state index in [-0.39, 0.29) is 0 Å². The van der Waals surface area contributed by atoms with Gasteiger partial charge in [0.15, 0.2) is 0 Å². The van der Waals surface area contributed by atoms with Crippen LogP contribution in [0.3, 0.4) is 0 Å². The Morgan fingerprint density at radius 2 is 1.86 bits per heavy atom. The van der Waals surface area contributed by atoms with Crippen LogP contribution in [0.15, 0.2) is 0 Å². The smallest absolute Gasteiger partial charge is 0.209 e. The fourth-order valence-corrected chi connectivity index (χ4v) is 2.66. The fourth-order valence-electron chi connectivity index (χ4n) is 2.66. The largest absolute Gasteiger partial charge is 0.345 e. The maximum atomic E-state index is 10.6. The lowest BCUT2D eigenvalue weighted by Crippen LogP contribution is -2.43. The summed E-state index contributed by atoms with van der Waals surface area (Å²) in [4.78, 5) is 15.1. The van der Waals surface area contributed by atoms with E-state index in [0.29, 0.717) is 0 Å². The van der Waals surface area contributed by atoms with E-state index in [2.05, 4.69) is 11.8 Å². The van der Waals surface area contributed by atoms with E-state index in [1.165, 1.54) is 32.4 Å². The van der Waals surface area contributed by atoms with Crippen molar-refractivity contribution in [1.29, 1.82) is 0 Å². The average Bonchev–Trinajstić information content (AvgIpc) is 2.65. The molecule has 0 aromatic carbocycles. The van der Waals surface area contributed by atoms with Gasteiger partial charge in [0.1, 0.15) is 0 Å². The van der Waals surface area contributed by atoms with Gasteiger partial charge in [-0.25, -0.2) is 0 Å². The highest BCUT2D eigenvalue weighted by atomic mass is 16.1. The van der Waals surface area contributed by atoms with E-state index in [4.69, 9.17) is 0 Å². The average molecular weight is 196 g/mol. The van der Waals surface area contributed by atoms with Crippen molar-refractivity contribution in [3.63, 3.8) is 0 Å². The minimum absolute atomic E-state index is 0.746. The van der Waals surface area contributed by atoms with E-state index in [0.717, 1.165) is 31.5 Å².